The van der Waals surface area contributed by atoms with E-state index in [1.54, 1.807) is 28.6 Å². The average molecular weight is 291 g/mol. The number of amides is 1. The summed E-state index contributed by atoms with van der Waals surface area (Å²) in [7, 11) is 1.75. The van der Waals surface area contributed by atoms with E-state index in [9.17, 15) is 4.79 Å². The van der Waals surface area contributed by atoms with Crippen LogP contribution in [0.15, 0.2) is 18.2 Å². The number of hydrogen-bond acceptors (Lipinski definition) is 3. The molecular formula is C14H15ClN4O. The van der Waals surface area contributed by atoms with E-state index in [1.807, 2.05) is 13.0 Å². The summed E-state index contributed by atoms with van der Waals surface area (Å²) in [4.78, 5) is 18.1. The molecule has 20 heavy (non-hydrogen) atoms. The lowest BCUT2D eigenvalue weighted by Gasteiger charge is -2.16. The number of alkyl halides is 1. The Kier molecular flexibility index (Phi) is 4.26. The van der Waals surface area contributed by atoms with Gasteiger partial charge in [0, 0.05) is 13.6 Å². The van der Waals surface area contributed by atoms with Gasteiger partial charge in [0.25, 0.3) is 0 Å². The molecule has 0 bridgehead atoms. The van der Waals surface area contributed by atoms with E-state index in [0.29, 0.717) is 23.4 Å². The Bertz CT molecular complexity index is 686. The molecule has 2 rings (SSSR count). The number of fused-ring (bicyclic) bond motifs is 1. The third-order valence-electron chi connectivity index (χ3n) is 3.29. The highest BCUT2D eigenvalue weighted by molar-refractivity contribution is 6.17. The summed E-state index contributed by atoms with van der Waals surface area (Å²) in [5, 5.41) is 9.11. The van der Waals surface area contributed by atoms with Crippen LogP contribution in [0.25, 0.3) is 11.0 Å². The number of nitriles is 1. The van der Waals surface area contributed by atoms with Gasteiger partial charge < -0.3 is 9.47 Å². The van der Waals surface area contributed by atoms with Gasteiger partial charge in [-0.1, -0.05) is 6.07 Å². The third kappa shape index (κ3) is 2.47. The predicted octanol–water partition coefficient (Wildman–Crippen LogP) is 2.13. The second-order valence-corrected chi connectivity index (χ2v) is 4.71. The zero-order valence-corrected chi connectivity index (χ0v) is 12.2. The van der Waals surface area contributed by atoms with Crippen molar-refractivity contribution in [2.75, 3.05) is 13.6 Å². The maximum absolute atomic E-state index is 12.1. The molecule has 0 saturated heterocycles. The van der Waals surface area contributed by atoms with E-state index < -0.39 is 0 Å². The third-order valence-corrected chi connectivity index (χ3v) is 3.53. The van der Waals surface area contributed by atoms with Crippen molar-refractivity contribution in [3.05, 3.63) is 29.6 Å². The van der Waals surface area contributed by atoms with E-state index in [2.05, 4.69) is 11.1 Å². The smallest absolute Gasteiger partial charge is 0.242 e. The molecule has 1 amide bonds. The lowest BCUT2D eigenvalue weighted by Crippen LogP contribution is -2.30. The van der Waals surface area contributed by atoms with Crippen LogP contribution in [0, 0.1) is 11.3 Å². The lowest BCUT2D eigenvalue weighted by molar-refractivity contribution is -0.130. The van der Waals surface area contributed by atoms with Crippen LogP contribution in [0.1, 0.15) is 18.3 Å². The largest absolute Gasteiger partial charge is 0.344 e. The molecule has 1 aromatic heterocycles. The molecule has 0 aliphatic heterocycles. The molecule has 2 aromatic rings. The van der Waals surface area contributed by atoms with Crippen LogP contribution < -0.4 is 0 Å². The van der Waals surface area contributed by atoms with Gasteiger partial charge in [0.05, 0.1) is 17.0 Å². The first-order chi connectivity index (χ1) is 9.62. The van der Waals surface area contributed by atoms with E-state index >= 15 is 0 Å². The minimum atomic E-state index is -0.0134. The molecule has 0 radical (unpaired) electrons. The Labute approximate surface area is 122 Å². The summed E-state index contributed by atoms with van der Waals surface area (Å²) >= 11 is 5.90. The molecular weight excluding hydrogens is 276 g/mol. The molecule has 0 aliphatic carbocycles. The molecule has 0 saturated carbocycles. The van der Waals surface area contributed by atoms with E-state index in [-0.39, 0.29) is 18.3 Å². The Morgan fingerprint density at radius 2 is 2.30 bits per heavy atom. The van der Waals surface area contributed by atoms with Crippen LogP contribution in [-0.4, -0.2) is 34.0 Å². The first kappa shape index (κ1) is 14.4. The minimum Gasteiger partial charge on any atom is -0.344 e. The topological polar surface area (TPSA) is 61.9 Å². The summed E-state index contributed by atoms with van der Waals surface area (Å²) in [6, 6.07) is 7.44. The summed E-state index contributed by atoms with van der Waals surface area (Å²) < 4.78 is 1.78. The Morgan fingerprint density at radius 1 is 1.55 bits per heavy atom. The van der Waals surface area contributed by atoms with Gasteiger partial charge in [-0.15, -0.1) is 11.6 Å². The highest BCUT2D eigenvalue weighted by Crippen LogP contribution is 2.21. The van der Waals surface area contributed by atoms with Crippen LogP contribution in [0.2, 0.25) is 0 Å². The van der Waals surface area contributed by atoms with Crippen molar-refractivity contribution in [1.29, 1.82) is 5.26 Å². The zero-order chi connectivity index (χ0) is 14.7. The number of rotatable bonds is 4. The number of para-hydroxylation sites is 1. The first-order valence-corrected chi connectivity index (χ1v) is 6.84. The molecule has 0 aliphatic rings. The van der Waals surface area contributed by atoms with Gasteiger partial charge in [0.2, 0.25) is 5.91 Å². The molecule has 0 N–H and O–H groups in total. The first-order valence-electron chi connectivity index (χ1n) is 6.30. The monoisotopic (exact) mass is 290 g/mol. The summed E-state index contributed by atoms with van der Waals surface area (Å²) in [6.45, 7) is 2.74. The molecule has 0 unspecified atom stereocenters. The Hall–Kier alpha value is -2.06. The second kappa shape index (κ2) is 5.93. The standard InChI is InChI=1S/C14H15ClN4O/c1-3-18(2)13(20)9-19-11-6-4-5-10(8-16)14(11)17-12(19)7-15/h4-6H,3,7,9H2,1-2H3. The molecule has 0 fully saturated rings. The second-order valence-electron chi connectivity index (χ2n) is 4.44. The van der Waals surface area contributed by atoms with Crippen molar-refractivity contribution < 1.29 is 4.79 Å². The Balaban J connectivity index is 2.52. The van der Waals surface area contributed by atoms with E-state index in [4.69, 9.17) is 16.9 Å². The number of hydrogen-bond donors (Lipinski definition) is 0. The van der Waals surface area contributed by atoms with Gasteiger partial charge in [-0.05, 0) is 19.1 Å². The minimum absolute atomic E-state index is 0.0134. The number of carbonyl (C=O) groups is 1. The van der Waals surface area contributed by atoms with Crippen molar-refractivity contribution in [2.24, 2.45) is 0 Å². The van der Waals surface area contributed by atoms with Gasteiger partial charge >= 0.3 is 0 Å². The van der Waals surface area contributed by atoms with Crippen molar-refractivity contribution in [1.82, 2.24) is 14.5 Å². The van der Waals surface area contributed by atoms with Crippen LogP contribution >= 0.6 is 11.6 Å². The predicted molar refractivity (Wildman–Crippen MR) is 77.3 cm³/mol. The van der Waals surface area contributed by atoms with Gasteiger partial charge in [-0.25, -0.2) is 4.98 Å². The number of likely N-dealkylation sites (N-methyl/N-ethyl adjacent to an activating group) is 1. The van der Waals surface area contributed by atoms with Gasteiger partial charge in [0.15, 0.2) is 0 Å². The number of benzene rings is 1. The van der Waals surface area contributed by atoms with Crippen molar-refractivity contribution in [3.8, 4) is 6.07 Å². The number of aromatic nitrogens is 2. The summed E-state index contributed by atoms with van der Waals surface area (Å²) in [5.41, 5.74) is 1.85. The summed E-state index contributed by atoms with van der Waals surface area (Å²) in [6.07, 6.45) is 0. The zero-order valence-electron chi connectivity index (χ0n) is 11.4. The van der Waals surface area contributed by atoms with Gasteiger partial charge in [0.1, 0.15) is 24.0 Å². The summed E-state index contributed by atoms with van der Waals surface area (Å²) in [5.74, 6) is 0.783. The fraction of sp³-hybridized carbons (Fsp3) is 0.357. The van der Waals surface area contributed by atoms with Crippen LogP contribution in [-0.2, 0) is 17.2 Å². The number of carbonyl (C=O) groups excluding carboxylic acids is 1. The Morgan fingerprint density at radius 3 is 2.90 bits per heavy atom. The van der Waals surface area contributed by atoms with E-state index in [1.165, 1.54) is 0 Å². The van der Waals surface area contributed by atoms with E-state index in [0.717, 1.165) is 5.52 Å². The van der Waals surface area contributed by atoms with Crippen LogP contribution in [0.4, 0.5) is 0 Å². The SMILES string of the molecule is CCN(C)C(=O)Cn1c(CCl)nc2c(C#N)cccc21. The highest BCUT2D eigenvalue weighted by Gasteiger charge is 2.16. The number of nitrogens with zero attached hydrogens (tertiary/aromatic N) is 4. The van der Waals surface area contributed by atoms with Crippen molar-refractivity contribution in [3.63, 3.8) is 0 Å². The normalized spacial score (nSPS) is 10.5. The van der Waals surface area contributed by atoms with Crippen LogP contribution in [0.3, 0.4) is 0 Å². The van der Waals surface area contributed by atoms with Gasteiger partial charge in [-0.2, -0.15) is 5.26 Å². The molecule has 1 aromatic carbocycles. The van der Waals surface area contributed by atoms with Crippen molar-refractivity contribution >= 4 is 28.5 Å². The lowest BCUT2D eigenvalue weighted by atomic mass is 10.2. The molecule has 5 nitrogen and oxygen atoms in total. The highest BCUT2D eigenvalue weighted by atomic mass is 35.5. The molecule has 104 valence electrons. The molecule has 0 spiro atoms. The average Bonchev–Trinajstić information content (AvgIpc) is 2.84. The van der Waals surface area contributed by atoms with Crippen LogP contribution in [0.5, 0.6) is 0 Å². The molecule has 1 heterocycles. The molecule has 0 atom stereocenters. The number of halogens is 1. The maximum atomic E-state index is 12.1. The van der Waals surface area contributed by atoms with Gasteiger partial charge in [-0.3, -0.25) is 4.79 Å². The number of imidazole rings is 1. The maximum Gasteiger partial charge on any atom is 0.242 e. The van der Waals surface area contributed by atoms with Crippen molar-refractivity contribution in [2.45, 2.75) is 19.3 Å². The fourth-order valence-electron chi connectivity index (χ4n) is 2.00. The fourth-order valence-corrected chi connectivity index (χ4v) is 2.20. The molecule has 6 heteroatoms. The quantitative estimate of drug-likeness (QED) is 0.810.